The molecule has 0 radical (unpaired) electrons. The molecule has 0 amide bonds. The molecule has 0 aliphatic carbocycles. The minimum Gasteiger partial charge on any atom is -0.496 e. The molecule has 1 atom stereocenters. The Morgan fingerprint density at radius 3 is 3.00 bits per heavy atom. The Bertz CT molecular complexity index is 427. The van der Waals surface area contributed by atoms with Crippen LogP contribution < -0.4 is 10.5 Å². The number of benzene rings is 1. The highest BCUT2D eigenvalue weighted by molar-refractivity contribution is 7.99. The number of fused-ring (bicyclic) bond motifs is 1. The second-order valence-electron chi connectivity index (χ2n) is 4.14. The molecule has 3 N–H and O–H groups in total. The molecule has 1 aliphatic heterocycles. The van der Waals surface area contributed by atoms with Gasteiger partial charge in [-0.25, -0.2) is 0 Å². The van der Waals surface area contributed by atoms with Gasteiger partial charge in [0.2, 0.25) is 0 Å². The van der Waals surface area contributed by atoms with Gasteiger partial charge in [0.05, 0.1) is 12.0 Å². The van der Waals surface area contributed by atoms with Gasteiger partial charge in [0.1, 0.15) is 11.4 Å². The molecule has 0 bridgehead atoms. The van der Waals surface area contributed by atoms with Crippen LogP contribution in [0.1, 0.15) is 18.4 Å². The molecule has 0 fully saturated rings. The summed E-state index contributed by atoms with van der Waals surface area (Å²) in [5.41, 5.74) is 5.41. The largest absolute Gasteiger partial charge is 0.496 e. The molecular weight excluding hydrogens is 258 g/mol. The highest BCUT2D eigenvalue weighted by Crippen LogP contribution is 2.46. The normalized spacial score (nSPS) is 24.0. The maximum atomic E-state index is 10.6. The molecule has 3 nitrogen and oxygen atoms in total. The lowest BCUT2D eigenvalue weighted by Crippen LogP contribution is -2.35. The number of nitrogens with two attached hydrogens (primary N) is 1. The number of aliphatic hydroxyl groups is 1. The van der Waals surface area contributed by atoms with E-state index in [1.165, 1.54) is 0 Å². The molecule has 0 spiro atoms. The summed E-state index contributed by atoms with van der Waals surface area (Å²) in [4.78, 5) is 0.922. The van der Waals surface area contributed by atoms with Crippen LogP contribution in [0.2, 0.25) is 5.02 Å². The van der Waals surface area contributed by atoms with E-state index < -0.39 is 5.60 Å². The fourth-order valence-electron chi connectivity index (χ4n) is 2.15. The van der Waals surface area contributed by atoms with E-state index in [0.29, 0.717) is 11.4 Å². The van der Waals surface area contributed by atoms with Crippen LogP contribution in [0.5, 0.6) is 5.75 Å². The van der Waals surface area contributed by atoms with Crippen molar-refractivity contribution in [3.63, 3.8) is 0 Å². The zero-order chi connectivity index (χ0) is 12.5. The maximum Gasteiger partial charge on any atom is 0.132 e. The van der Waals surface area contributed by atoms with Crippen LogP contribution in [-0.4, -0.2) is 24.5 Å². The van der Waals surface area contributed by atoms with Crippen molar-refractivity contribution in [2.75, 3.05) is 19.4 Å². The van der Waals surface area contributed by atoms with Gasteiger partial charge in [0, 0.05) is 17.1 Å². The van der Waals surface area contributed by atoms with Crippen molar-refractivity contribution in [2.24, 2.45) is 5.73 Å². The third kappa shape index (κ3) is 2.27. The molecular formula is C12H16ClNO2S. The zero-order valence-electron chi connectivity index (χ0n) is 9.70. The lowest BCUT2D eigenvalue weighted by molar-refractivity contribution is 0.0343. The summed E-state index contributed by atoms with van der Waals surface area (Å²) in [5.74, 6) is 1.69. The third-order valence-corrected chi connectivity index (χ3v) is 4.58. The van der Waals surface area contributed by atoms with Crippen LogP contribution in [0.4, 0.5) is 0 Å². The molecule has 17 heavy (non-hydrogen) atoms. The highest BCUT2D eigenvalue weighted by atomic mass is 35.5. The Hall–Kier alpha value is -0.420. The summed E-state index contributed by atoms with van der Waals surface area (Å²) >= 11 is 7.89. The predicted octanol–water partition coefficient (Wildman–Crippen LogP) is 2.38. The molecule has 1 aromatic rings. The lowest BCUT2D eigenvalue weighted by Gasteiger charge is -2.28. The first kappa shape index (κ1) is 13.0. The lowest BCUT2D eigenvalue weighted by atomic mass is 9.89. The van der Waals surface area contributed by atoms with Crippen molar-refractivity contribution >= 4 is 23.4 Å². The van der Waals surface area contributed by atoms with E-state index in [2.05, 4.69) is 0 Å². The fourth-order valence-corrected chi connectivity index (χ4v) is 3.77. The second kappa shape index (κ2) is 5.06. The van der Waals surface area contributed by atoms with E-state index in [9.17, 15) is 5.11 Å². The molecule has 2 rings (SSSR count). The summed E-state index contributed by atoms with van der Waals surface area (Å²) in [7, 11) is 1.62. The number of hydrogen-bond acceptors (Lipinski definition) is 4. The van der Waals surface area contributed by atoms with E-state index in [1.54, 1.807) is 24.9 Å². The summed E-state index contributed by atoms with van der Waals surface area (Å²) in [5, 5.41) is 11.2. The van der Waals surface area contributed by atoms with E-state index in [0.717, 1.165) is 28.4 Å². The Kier molecular flexibility index (Phi) is 3.88. The van der Waals surface area contributed by atoms with Crippen molar-refractivity contribution in [1.82, 2.24) is 0 Å². The van der Waals surface area contributed by atoms with Crippen molar-refractivity contribution in [2.45, 2.75) is 23.3 Å². The molecule has 94 valence electrons. The Morgan fingerprint density at radius 2 is 2.35 bits per heavy atom. The fraction of sp³-hybridized carbons (Fsp3) is 0.500. The highest BCUT2D eigenvalue weighted by Gasteiger charge is 2.35. The van der Waals surface area contributed by atoms with Crippen LogP contribution >= 0.6 is 23.4 Å². The van der Waals surface area contributed by atoms with Crippen LogP contribution in [0.25, 0.3) is 0 Å². The Morgan fingerprint density at radius 1 is 1.59 bits per heavy atom. The van der Waals surface area contributed by atoms with Gasteiger partial charge in [-0.15, -0.1) is 11.8 Å². The minimum atomic E-state index is -1.04. The molecule has 1 unspecified atom stereocenters. The topological polar surface area (TPSA) is 55.5 Å². The van der Waals surface area contributed by atoms with E-state index in [4.69, 9.17) is 22.1 Å². The van der Waals surface area contributed by atoms with Gasteiger partial charge < -0.3 is 15.6 Å². The van der Waals surface area contributed by atoms with E-state index in [-0.39, 0.29) is 6.54 Å². The average molecular weight is 274 g/mol. The van der Waals surface area contributed by atoms with Crippen LogP contribution in [-0.2, 0) is 5.60 Å². The summed E-state index contributed by atoms with van der Waals surface area (Å²) in [6.45, 7) is 0.174. The molecule has 1 aromatic carbocycles. The maximum absolute atomic E-state index is 10.6. The van der Waals surface area contributed by atoms with Crippen LogP contribution in [0.15, 0.2) is 17.0 Å². The SMILES string of the molecule is COc1ccc(Cl)c2c1SCCCC2(O)CN. The first-order chi connectivity index (χ1) is 8.12. The number of rotatable bonds is 2. The van der Waals surface area contributed by atoms with Gasteiger partial charge in [-0.3, -0.25) is 0 Å². The van der Waals surface area contributed by atoms with Gasteiger partial charge in [-0.2, -0.15) is 0 Å². The standard InChI is InChI=1S/C12H16ClNO2S/c1-16-9-4-3-8(13)10-11(9)17-6-2-5-12(10,15)7-14/h3-4,15H,2,5-7,14H2,1H3. The Labute approximate surface area is 110 Å². The molecule has 5 heteroatoms. The number of thioether (sulfide) groups is 1. The Balaban J connectivity index is 2.64. The molecule has 1 heterocycles. The first-order valence-electron chi connectivity index (χ1n) is 5.54. The van der Waals surface area contributed by atoms with E-state index in [1.807, 2.05) is 6.07 Å². The number of ether oxygens (including phenoxy) is 1. The summed E-state index contributed by atoms with van der Waals surface area (Å²) < 4.78 is 5.33. The average Bonchev–Trinajstić information content (AvgIpc) is 2.51. The zero-order valence-corrected chi connectivity index (χ0v) is 11.3. The monoisotopic (exact) mass is 273 g/mol. The van der Waals surface area contributed by atoms with E-state index >= 15 is 0 Å². The first-order valence-corrected chi connectivity index (χ1v) is 6.91. The number of methoxy groups -OCH3 is 1. The number of halogens is 1. The number of hydrogen-bond donors (Lipinski definition) is 2. The molecule has 0 aromatic heterocycles. The minimum absolute atomic E-state index is 0.174. The summed E-state index contributed by atoms with van der Waals surface area (Å²) in [6.07, 6.45) is 1.54. The van der Waals surface area contributed by atoms with Gasteiger partial charge >= 0.3 is 0 Å². The molecule has 1 aliphatic rings. The predicted molar refractivity (Wildman–Crippen MR) is 70.9 cm³/mol. The quantitative estimate of drug-likeness (QED) is 0.869. The van der Waals surface area contributed by atoms with Gasteiger partial charge in [0.25, 0.3) is 0 Å². The van der Waals surface area contributed by atoms with Crippen LogP contribution in [0, 0.1) is 0 Å². The smallest absolute Gasteiger partial charge is 0.132 e. The van der Waals surface area contributed by atoms with Crippen molar-refractivity contribution in [1.29, 1.82) is 0 Å². The van der Waals surface area contributed by atoms with Crippen molar-refractivity contribution in [3.05, 3.63) is 22.7 Å². The molecule has 0 saturated heterocycles. The second-order valence-corrected chi connectivity index (χ2v) is 5.65. The third-order valence-electron chi connectivity index (χ3n) is 3.07. The van der Waals surface area contributed by atoms with Crippen molar-refractivity contribution < 1.29 is 9.84 Å². The van der Waals surface area contributed by atoms with Gasteiger partial charge in [-0.05, 0) is 30.7 Å². The van der Waals surface area contributed by atoms with Gasteiger partial charge in [0.15, 0.2) is 0 Å². The van der Waals surface area contributed by atoms with Crippen molar-refractivity contribution in [3.8, 4) is 5.75 Å². The van der Waals surface area contributed by atoms with Gasteiger partial charge in [-0.1, -0.05) is 11.6 Å². The van der Waals surface area contributed by atoms with Crippen LogP contribution in [0.3, 0.4) is 0 Å². The summed E-state index contributed by atoms with van der Waals surface area (Å²) in [6, 6.07) is 3.59. The molecule has 0 saturated carbocycles.